The smallest absolute Gasteiger partial charge is 0.261 e. The zero-order valence-electron chi connectivity index (χ0n) is 18.1. The number of likely N-dealkylation sites (tertiary alicyclic amines) is 1. The van der Waals surface area contributed by atoms with Gasteiger partial charge in [-0.05, 0) is 71.9 Å². The lowest BCUT2D eigenvalue weighted by atomic mass is 10.0. The van der Waals surface area contributed by atoms with E-state index in [9.17, 15) is 13.2 Å². The van der Waals surface area contributed by atoms with Crippen molar-refractivity contribution in [2.75, 3.05) is 17.8 Å². The van der Waals surface area contributed by atoms with Gasteiger partial charge in [0.05, 0.1) is 17.0 Å². The molecule has 0 atom stereocenters. The Bertz CT molecular complexity index is 1350. The quantitative estimate of drug-likeness (QED) is 0.601. The first-order valence-electron chi connectivity index (χ1n) is 11.0. The first kappa shape index (κ1) is 20.8. The van der Waals surface area contributed by atoms with Crippen LogP contribution in [0.1, 0.15) is 37.3 Å². The third-order valence-electron chi connectivity index (χ3n) is 6.52. The van der Waals surface area contributed by atoms with E-state index in [0.717, 1.165) is 59.0 Å². The molecule has 1 N–H and O–H groups in total. The van der Waals surface area contributed by atoms with Gasteiger partial charge >= 0.3 is 0 Å². The summed E-state index contributed by atoms with van der Waals surface area (Å²) < 4.78 is 29.1. The first-order chi connectivity index (χ1) is 15.4. The lowest BCUT2D eigenvalue weighted by molar-refractivity contribution is -0.128. The highest BCUT2D eigenvalue weighted by Crippen LogP contribution is 2.39. The fraction of sp³-hybridized carbons (Fsp3) is 0.269. The van der Waals surface area contributed by atoms with Crippen LogP contribution in [-0.2, 0) is 21.2 Å². The van der Waals surface area contributed by atoms with E-state index in [4.69, 9.17) is 0 Å². The molecule has 5 rings (SSSR count). The number of rotatable bonds is 5. The molecule has 1 aliphatic carbocycles. The van der Waals surface area contributed by atoms with E-state index in [0.29, 0.717) is 18.5 Å². The molecule has 0 spiro atoms. The maximum atomic E-state index is 13.2. The number of anilines is 1. The molecule has 1 heterocycles. The summed E-state index contributed by atoms with van der Waals surface area (Å²) in [5.74, 6) is 0.159. The van der Waals surface area contributed by atoms with Crippen LogP contribution in [-0.4, -0.2) is 32.3 Å². The molecule has 164 valence electrons. The first-order valence-corrected chi connectivity index (χ1v) is 12.5. The van der Waals surface area contributed by atoms with Gasteiger partial charge in [-0.25, -0.2) is 8.42 Å². The van der Waals surface area contributed by atoms with Crippen LogP contribution in [0.2, 0.25) is 0 Å². The zero-order chi connectivity index (χ0) is 22.3. The summed E-state index contributed by atoms with van der Waals surface area (Å²) in [6.07, 6.45) is 3.16. The summed E-state index contributed by atoms with van der Waals surface area (Å²) >= 11 is 0. The van der Waals surface area contributed by atoms with Crippen molar-refractivity contribution in [1.82, 2.24) is 4.90 Å². The Labute approximate surface area is 188 Å². The van der Waals surface area contributed by atoms with Crippen LogP contribution in [0.15, 0.2) is 71.1 Å². The number of benzene rings is 3. The number of allylic oxidation sites excluding steroid dienone is 1. The molecule has 1 saturated heterocycles. The second-order valence-corrected chi connectivity index (χ2v) is 10.3. The monoisotopic (exact) mass is 446 g/mol. The lowest BCUT2D eigenvalue weighted by Gasteiger charge is -2.17. The van der Waals surface area contributed by atoms with E-state index < -0.39 is 10.0 Å². The standard InChI is InChI=1S/C26H26N2O3S/c1-18-15-24-22(23(18)17-26(29)28-13-4-5-14-28)9-6-10-25(24)27-32(30,31)21-12-11-19-7-2-3-8-20(19)16-21/h2-3,6-12,16,27H,4-5,13-15,17H2,1H3. The number of nitrogens with zero attached hydrogens (tertiary/aromatic N) is 1. The van der Waals surface area contributed by atoms with Crippen LogP contribution in [0, 0.1) is 0 Å². The maximum absolute atomic E-state index is 13.2. The molecule has 2 aliphatic rings. The Morgan fingerprint density at radius 1 is 0.969 bits per heavy atom. The van der Waals surface area contributed by atoms with E-state index in [2.05, 4.69) is 4.72 Å². The van der Waals surface area contributed by atoms with Crippen LogP contribution in [0.5, 0.6) is 0 Å². The number of nitrogens with one attached hydrogen (secondary N) is 1. The zero-order valence-corrected chi connectivity index (χ0v) is 18.9. The molecular formula is C26H26N2O3S. The average molecular weight is 447 g/mol. The van der Waals surface area contributed by atoms with Crippen LogP contribution in [0.25, 0.3) is 16.3 Å². The molecule has 1 aliphatic heterocycles. The molecule has 0 aromatic heterocycles. The van der Waals surface area contributed by atoms with Gasteiger partial charge in [0.25, 0.3) is 10.0 Å². The highest BCUT2D eigenvalue weighted by Gasteiger charge is 2.27. The Hall–Kier alpha value is -3.12. The van der Waals surface area contributed by atoms with Gasteiger partial charge < -0.3 is 4.90 Å². The van der Waals surface area contributed by atoms with Crippen molar-refractivity contribution in [1.29, 1.82) is 0 Å². The van der Waals surface area contributed by atoms with Crippen LogP contribution >= 0.6 is 0 Å². The highest BCUT2D eigenvalue weighted by molar-refractivity contribution is 7.92. The van der Waals surface area contributed by atoms with Gasteiger partial charge in [0.2, 0.25) is 5.91 Å². The Kier molecular flexibility index (Phi) is 5.25. The van der Waals surface area contributed by atoms with Crippen LogP contribution < -0.4 is 4.72 Å². The molecule has 1 amide bonds. The number of carbonyl (C=O) groups excluding carboxylic acids is 1. The van der Waals surface area contributed by atoms with E-state index in [1.807, 2.05) is 54.3 Å². The number of sulfonamides is 1. The normalized spacial score (nSPS) is 16.0. The van der Waals surface area contributed by atoms with Crippen molar-refractivity contribution >= 4 is 38.0 Å². The Balaban J connectivity index is 1.42. The molecule has 0 radical (unpaired) electrons. The molecular weight excluding hydrogens is 420 g/mol. The SMILES string of the molecule is CC1=C(CC(=O)N2CCCC2)c2cccc(NS(=O)(=O)c3ccc4ccccc4c3)c2C1. The molecule has 0 bridgehead atoms. The molecule has 5 nitrogen and oxygen atoms in total. The van der Waals surface area contributed by atoms with Crippen molar-refractivity contribution in [2.24, 2.45) is 0 Å². The van der Waals surface area contributed by atoms with Crippen molar-refractivity contribution in [3.8, 4) is 0 Å². The highest BCUT2D eigenvalue weighted by atomic mass is 32.2. The second kappa shape index (κ2) is 8.10. The summed E-state index contributed by atoms with van der Waals surface area (Å²) in [5, 5.41) is 1.88. The number of amides is 1. The van der Waals surface area contributed by atoms with Gasteiger partial charge in [-0.1, -0.05) is 48.0 Å². The van der Waals surface area contributed by atoms with Crippen molar-refractivity contribution in [2.45, 2.75) is 37.5 Å². The van der Waals surface area contributed by atoms with E-state index >= 15 is 0 Å². The predicted octanol–water partition coefficient (Wildman–Crippen LogP) is 4.98. The van der Waals surface area contributed by atoms with Gasteiger partial charge in [-0.2, -0.15) is 0 Å². The summed E-state index contributed by atoms with van der Waals surface area (Å²) in [6.45, 7) is 3.71. The van der Waals surface area contributed by atoms with E-state index in [1.54, 1.807) is 18.2 Å². The summed E-state index contributed by atoms with van der Waals surface area (Å²) in [5.41, 5.74) is 4.67. The number of carbonyl (C=O) groups is 1. The van der Waals surface area contributed by atoms with Gasteiger partial charge in [0, 0.05) is 13.1 Å². The minimum absolute atomic E-state index is 0.159. The molecule has 0 unspecified atom stereocenters. The van der Waals surface area contributed by atoms with Gasteiger partial charge in [-0.15, -0.1) is 0 Å². The van der Waals surface area contributed by atoms with E-state index in [1.165, 1.54) is 0 Å². The molecule has 0 saturated carbocycles. The minimum Gasteiger partial charge on any atom is -0.342 e. The fourth-order valence-electron chi connectivity index (χ4n) is 4.77. The number of hydrogen-bond donors (Lipinski definition) is 1. The van der Waals surface area contributed by atoms with Crippen molar-refractivity contribution in [3.63, 3.8) is 0 Å². The summed E-state index contributed by atoms with van der Waals surface area (Å²) in [7, 11) is -3.74. The van der Waals surface area contributed by atoms with Gasteiger partial charge in [-0.3, -0.25) is 9.52 Å². The molecule has 32 heavy (non-hydrogen) atoms. The molecule has 3 aromatic rings. The summed E-state index contributed by atoms with van der Waals surface area (Å²) in [6, 6.07) is 18.5. The number of fused-ring (bicyclic) bond motifs is 2. The Morgan fingerprint density at radius 3 is 2.50 bits per heavy atom. The van der Waals surface area contributed by atoms with Crippen LogP contribution in [0.3, 0.4) is 0 Å². The predicted molar refractivity (Wildman–Crippen MR) is 128 cm³/mol. The molecule has 6 heteroatoms. The maximum Gasteiger partial charge on any atom is 0.261 e. The fourth-order valence-corrected chi connectivity index (χ4v) is 5.90. The average Bonchev–Trinajstić information content (AvgIpc) is 3.43. The topological polar surface area (TPSA) is 66.5 Å². The van der Waals surface area contributed by atoms with Crippen molar-refractivity contribution in [3.05, 3.63) is 77.4 Å². The third kappa shape index (κ3) is 3.79. The molecule has 1 fully saturated rings. The largest absolute Gasteiger partial charge is 0.342 e. The van der Waals surface area contributed by atoms with Gasteiger partial charge in [0.15, 0.2) is 0 Å². The minimum atomic E-state index is -3.74. The van der Waals surface area contributed by atoms with Gasteiger partial charge in [0.1, 0.15) is 0 Å². The number of hydrogen-bond acceptors (Lipinski definition) is 3. The summed E-state index contributed by atoms with van der Waals surface area (Å²) in [4.78, 5) is 14.9. The van der Waals surface area contributed by atoms with Crippen LogP contribution in [0.4, 0.5) is 5.69 Å². The van der Waals surface area contributed by atoms with Crippen molar-refractivity contribution < 1.29 is 13.2 Å². The third-order valence-corrected chi connectivity index (χ3v) is 7.88. The Morgan fingerprint density at radius 2 is 1.72 bits per heavy atom. The van der Waals surface area contributed by atoms with E-state index in [-0.39, 0.29) is 10.8 Å². The second-order valence-electron chi connectivity index (χ2n) is 8.65. The molecule has 3 aromatic carbocycles. The lowest BCUT2D eigenvalue weighted by Crippen LogP contribution is -2.27.